The van der Waals surface area contributed by atoms with Gasteiger partial charge in [-0.05, 0) is 68.6 Å². The number of esters is 1. The summed E-state index contributed by atoms with van der Waals surface area (Å²) < 4.78 is 5.74. The molecular formula is C16H24O2. The maximum absolute atomic E-state index is 11.6. The molecule has 3 aliphatic carbocycles. The number of ether oxygens (including phenoxy) is 1. The molecule has 3 saturated carbocycles. The molecule has 0 aromatic rings. The van der Waals surface area contributed by atoms with Crippen LogP contribution >= 0.6 is 0 Å². The molecule has 3 aliphatic rings. The van der Waals surface area contributed by atoms with E-state index in [0.29, 0.717) is 0 Å². The quantitative estimate of drug-likeness (QED) is 0.562. The Morgan fingerprint density at radius 2 is 2.06 bits per heavy atom. The van der Waals surface area contributed by atoms with Gasteiger partial charge in [-0.3, -0.25) is 0 Å². The van der Waals surface area contributed by atoms with Crippen LogP contribution in [0.4, 0.5) is 0 Å². The molecule has 100 valence electrons. The van der Waals surface area contributed by atoms with Crippen molar-refractivity contribution in [1.82, 2.24) is 0 Å². The van der Waals surface area contributed by atoms with Gasteiger partial charge in [-0.15, -0.1) is 0 Å². The van der Waals surface area contributed by atoms with Crippen LogP contribution in [0.1, 0.15) is 51.9 Å². The molecule has 5 atom stereocenters. The minimum atomic E-state index is -0.238. The molecule has 0 spiro atoms. The van der Waals surface area contributed by atoms with Crippen molar-refractivity contribution >= 4 is 5.97 Å². The zero-order chi connectivity index (χ0) is 12.8. The van der Waals surface area contributed by atoms with Gasteiger partial charge in [0.2, 0.25) is 0 Å². The highest BCUT2D eigenvalue weighted by molar-refractivity contribution is 5.81. The number of rotatable bonds is 3. The highest BCUT2D eigenvalue weighted by Crippen LogP contribution is 2.59. The fourth-order valence-electron chi connectivity index (χ4n) is 5.00. The third kappa shape index (κ3) is 1.81. The molecule has 0 radical (unpaired) electrons. The third-order valence-electron chi connectivity index (χ3n) is 5.94. The van der Waals surface area contributed by atoms with Gasteiger partial charge in [-0.1, -0.05) is 13.5 Å². The van der Waals surface area contributed by atoms with E-state index in [1.54, 1.807) is 0 Å². The van der Waals surface area contributed by atoms with Crippen molar-refractivity contribution in [3.8, 4) is 0 Å². The van der Waals surface area contributed by atoms with E-state index in [0.717, 1.165) is 42.9 Å². The second kappa shape index (κ2) is 4.40. The molecule has 2 heteroatoms. The summed E-state index contributed by atoms with van der Waals surface area (Å²) in [5.41, 5.74) is -0.184. The highest BCUT2D eigenvalue weighted by atomic mass is 16.6. The molecule has 3 rings (SSSR count). The standard InChI is InChI=1S/C16H24O2/c1-3-15(17)18-16(4-2)8-7-13-11-5-6-12(9-11)14(13)10-16/h3,11-14H,1,4-10H2,2H3. The lowest BCUT2D eigenvalue weighted by atomic mass is 9.65. The van der Waals surface area contributed by atoms with E-state index >= 15 is 0 Å². The molecule has 2 bridgehead atoms. The van der Waals surface area contributed by atoms with Crippen molar-refractivity contribution in [1.29, 1.82) is 0 Å². The minimum absolute atomic E-state index is 0.184. The Balaban J connectivity index is 1.74. The van der Waals surface area contributed by atoms with E-state index in [9.17, 15) is 4.79 Å². The summed E-state index contributed by atoms with van der Waals surface area (Å²) in [6, 6.07) is 0. The number of carbonyl (C=O) groups is 1. The normalized spacial score (nSPS) is 45.6. The average Bonchev–Trinajstić information content (AvgIpc) is 2.99. The molecular weight excluding hydrogens is 224 g/mol. The first-order valence-corrected chi connectivity index (χ1v) is 7.53. The number of hydrogen-bond donors (Lipinski definition) is 0. The zero-order valence-corrected chi connectivity index (χ0v) is 11.4. The van der Waals surface area contributed by atoms with E-state index < -0.39 is 0 Å². The van der Waals surface area contributed by atoms with Crippen LogP contribution in [0.3, 0.4) is 0 Å². The first-order chi connectivity index (χ1) is 8.67. The molecule has 0 amide bonds. The van der Waals surface area contributed by atoms with Crippen molar-refractivity contribution in [2.24, 2.45) is 23.7 Å². The first kappa shape index (κ1) is 12.3. The molecule has 18 heavy (non-hydrogen) atoms. The van der Waals surface area contributed by atoms with Crippen LogP contribution < -0.4 is 0 Å². The summed E-state index contributed by atoms with van der Waals surface area (Å²) >= 11 is 0. The van der Waals surface area contributed by atoms with Crippen LogP contribution in [0.25, 0.3) is 0 Å². The molecule has 0 aromatic heterocycles. The van der Waals surface area contributed by atoms with Crippen molar-refractivity contribution in [2.75, 3.05) is 0 Å². The van der Waals surface area contributed by atoms with Crippen LogP contribution in [0.2, 0.25) is 0 Å². The molecule has 2 nitrogen and oxygen atoms in total. The third-order valence-corrected chi connectivity index (χ3v) is 5.94. The Morgan fingerprint density at radius 3 is 2.72 bits per heavy atom. The van der Waals surface area contributed by atoms with Crippen LogP contribution in [-0.2, 0) is 9.53 Å². The molecule has 0 aliphatic heterocycles. The number of carbonyl (C=O) groups excluding carboxylic acids is 1. The van der Waals surface area contributed by atoms with Gasteiger partial charge in [-0.2, -0.15) is 0 Å². The Hall–Kier alpha value is -0.790. The summed E-state index contributed by atoms with van der Waals surface area (Å²) in [5, 5.41) is 0. The Bertz CT molecular complexity index is 362. The van der Waals surface area contributed by atoms with Crippen LogP contribution in [0.15, 0.2) is 12.7 Å². The first-order valence-electron chi connectivity index (χ1n) is 7.53. The van der Waals surface area contributed by atoms with E-state index in [2.05, 4.69) is 13.5 Å². The number of fused-ring (bicyclic) bond motifs is 5. The summed E-state index contributed by atoms with van der Waals surface area (Å²) in [4.78, 5) is 11.6. The number of hydrogen-bond acceptors (Lipinski definition) is 2. The molecule has 5 unspecified atom stereocenters. The fraction of sp³-hybridized carbons (Fsp3) is 0.812. The van der Waals surface area contributed by atoms with Crippen molar-refractivity contribution in [3.63, 3.8) is 0 Å². The van der Waals surface area contributed by atoms with Crippen molar-refractivity contribution in [2.45, 2.75) is 57.5 Å². The van der Waals surface area contributed by atoms with Gasteiger partial charge in [0.05, 0.1) is 0 Å². The van der Waals surface area contributed by atoms with Gasteiger partial charge < -0.3 is 4.74 Å². The van der Waals surface area contributed by atoms with Crippen LogP contribution in [-0.4, -0.2) is 11.6 Å². The smallest absolute Gasteiger partial charge is 0.330 e. The average molecular weight is 248 g/mol. The van der Waals surface area contributed by atoms with Crippen LogP contribution in [0, 0.1) is 23.7 Å². The largest absolute Gasteiger partial charge is 0.456 e. The highest BCUT2D eigenvalue weighted by Gasteiger charge is 2.53. The lowest BCUT2D eigenvalue weighted by Crippen LogP contribution is -2.44. The minimum Gasteiger partial charge on any atom is -0.456 e. The van der Waals surface area contributed by atoms with E-state index in [1.165, 1.54) is 31.8 Å². The lowest BCUT2D eigenvalue weighted by Gasteiger charge is -2.45. The van der Waals surface area contributed by atoms with Crippen molar-refractivity contribution in [3.05, 3.63) is 12.7 Å². The molecule has 0 aromatic carbocycles. The molecule has 3 fully saturated rings. The Labute approximate surface area is 110 Å². The summed E-state index contributed by atoms with van der Waals surface area (Å²) in [6.45, 7) is 5.68. The monoisotopic (exact) mass is 248 g/mol. The maximum Gasteiger partial charge on any atom is 0.330 e. The van der Waals surface area contributed by atoms with E-state index in [1.807, 2.05) is 0 Å². The van der Waals surface area contributed by atoms with Crippen LogP contribution in [0.5, 0.6) is 0 Å². The summed E-state index contributed by atoms with van der Waals surface area (Å²) in [7, 11) is 0. The molecule has 0 N–H and O–H groups in total. The lowest BCUT2D eigenvalue weighted by molar-refractivity contribution is -0.162. The van der Waals surface area contributed by atoms with Gasteiger partial charge in [0, 0.05) is 6.08 Å². The SMILES string of the molecule is C=CC(=O)OC1(CC)CCC2C3CCC(C3)C2C1. The van der Waals surface area contributed by atoms with Gasteiger partial charge in [0.1, 0.15) is 5.60 Å². The Kier molecular flexibility index (Phi) is 2.99. The molecule has 0 saturated heterocycles. The second-order valence-electron chi connectivity index (χ2n) is 6.57. The van der Waals surface area contributed by atoms with Gasteiger partial charge in [0.25, 0.3) is 0 Å². The molecule has 0 heterocycles. The summed E-state index contributed by atoms with van der Waals surface area (Å²) in [5.74, 6) is 3.44. The Morgan fingerprint density at radius 1 is 1.33 bits per heavy atom. The predicted octanol–water partition coefficient (Wildman–Crippen LogP) is 3.71. The van der Waals surface area contributed by atoms with Gasteiger partial charge in [-0.25, -0.2) is 4.79 Å². The predicted molar refractivity (Wildman–Crippen MR) is 71.0 cm³/mol. The fourth-order valence-corrected chi connectivity index (χ4v) is 5.00. The van der Waals surface area contributed by atoms with Gasteiger partial charge in [0.15, 0.2) is 0 Å². The topological polar surface area (TPSA) is 26.3 Å². The van der Waals surface area contributed by atoms with Crippen molar-refractivity contribution < 1.29 is 9.53 Å². The summed E-state index contributed by atoms with van der Waals surface area (Å²) in [6.07, 6.45) is 10.0. The van der Waals surface area contributed by atoms with Gasteiger partial charge >= 0.3 is 5.97 Å². The maximum atomic E-state index is 11.6. The van der Waals surface area contributed by atoms with E-state index in [4.69, 9.17) is 4.74 Å². The second-order valence-corrected chi connectivity index (χ2v) is 6.57. The zero-order valence-electron chi connectivity index (χ0n) is 11.4. The van der Waals surface area contributed by atoms with E-state index in [-0.39, 0.29) is 11.6 Å².